The van der Waals surface area contributed by atoms with Gasteiger partial charge in [-0.05, 0) is 180 Å². The number of carboxylic acids is 1. The Morgan fingerprint density at radius 1 is 0.500 bits per heavy atom. The second-order valence-electron chi connectivity index (χ2n) is 27.2. The fraction of sp³-hybridized carbons (Fsp3) is 0.486. The number of aromatic nitrogens is 2. The van der Waals surface area contributed by atoms with E-state index in [1.54, 1.807) is 27.7 Å². The number of rotatable bonds is 27. The Morgan fingerprint density at radius 2 is 0.833 bits per heavy atom. The topological polar surface area (TPSA) is 178 Å². The Bertz CT molecular complexity index is 4320. The standard InChI is InChI=1S/C38H41F9N2O4.C36H37F9N2O4.Li.H2O.2H2S/c1-6-53-32(52)16-24(34-35(40)25(17-27(36(34)41)38(45,46)47)33-21(4)8-9-28(39)22(33)5)15-30(50)29(14-20(2)3)49-19-23(10-13-48-11-7-12-48)26(18-31(49)51)37(42,43)44;1-18(2)12-27(47-17-21(8-11-46-9-5-10-46)24(16-29(47)49)35(40,41)42)28(48)13-22(14-30(50)51)32-33(38)23(15-25(34(32)39)36(43,44)45)31-19(3)6-7-26(37)20(31)4;;;;/h8-9,17-20,24,29H,6-7,10-16H2,1-5H3;6-7,15-18,22,27H,5,8-14H2,1-4H3,(H,50,51);;3*1H2/q;;+1;;;/p-1/t24-,29?;22-,27?;;;;/m00..../s1. The Labute approximate surface area is 637 Å². The van der Waals surface area contributed by atoms with Gasteiger partial charge in [-0.15, -0.1) is 0 Å². The molecule has 0 bridgehead atoms. The summed E-state index contributed by atoms with van der Waals surface area (Å²) in [5.74, 6) is -18.9. The maximum absolute atomic E-state index is 16.6. The predicted molar refractivity (Wildman–Crippen MR) is 371 cm³/mol. The zero-order chi connectivity index (χ0) is 77.7. The molecule has 4 aromatic carbocycles. The number of alkyl halides is 12. The van der Waals surface area contributed by atoms with Crippen LogP contribution in [-0.2, 0) is 61.5 Å². The van der Waals surface area contributed by atoms with Crippen LogP contribution >= 0.6 is 27.0 Å². The predicted octanol–water partition coefficient (Wildman–Crippen LogP) is 14.8. The number of esters is 1. The third kappa shape index (κ3) is 22.8. The summed E-state index contributed by atoms with van der Waals surface area (Å²) >= 11 is 0. The first-order chi connectivity index (χ1) is 48.3. The molecule has 2 N–H and O–H groups in total. The molecule has 6 aromatic rings. The monoisotopic (exact) mass is 1580 g/mol. The summed E-state index contributed by atoms with van der Waals surface area (Å²) in [6.45, 7) is 16.0. The molecule has 2 aromatic heterocycles. The molecule has 2 aliphatic heterocycles. The van der Waals surface area contributed by atoms with Crippen molar-refractivity contribution in [2.45, 2.75) is 175 Å². The van der Waals surface area contributed by atoms with E-state index < -0.39 is 194 Å². The van der Waals surface area contributed by atoms with Crippen LogP contribution in [0, 0.1) is 74.4 Å². The van der Waals surface area contributed by atoms with Crippen molar-refractivity contribution in [1.82, 2.24) is 18.9 Å². The minimum Gasteiger partial charge on any atom is -0.870 e. The molecule has 2 saturated heterocycles. The smallest absolute Gasteiger partial charge is 0.870 e. The molecule has 592 valence electrons. The van der Waals surface area contributed by atoms with Gasteiger partial charge in [0.05, 0.1) is 53.8 Å². The van der Waals surface area contributed by atoms with Crippen molar-refractivity contribution in [1.29, 1.82) is 0 Å². The SMILES string of the molecule is CCOC(=O)C[C@H](CC(=O)C(CC(C)C)n1cc(CCN2CCC2)c(C(F)(F)F)cc1=O)c1c(F)c(-c2c(C)ccc(F)c2C)cc(C(F)(F)F)c1F.Cc1ccc(F)c(C)c1-c1cc(C(F)(F)F)c(F)c([C@H](CC(=O)O)CC(=O)C(CC(C)C)n2cc(CCN3CCC3)c(C(F)(F)F)cc2=O)c1F.S.S.[Li+].[OH-]. The minimum absolute atomic E-state index is 0. The van der Waals surface area contributed by atoms with Crippen molar-refractivity contribution in [3.05, 3.63) is 183 Å². The van der Waals surface area contributed by atoms with Gasteiger partial charge in [-0.3, -0.25) is 28.8 Å². The van der Waals surface area contributed by atoms with E-state index in [0.717, 1.165) is 46.5 Å². The Morgan fingerprint density at radius 3 is 1.12 bits per heavy atom. The number of carbonyl (C=O) groups is 4. The summed E-state index contributed by atoms with van der Waals surface area (Å²) in [4.78, 5) is 83.3. The van der Waals surface area contributed by atoms with E-state index >= 15 is 17.6 Å². The Hall–Kier alpha value is -7.02. The molecule has 2 aliphatic rings. The van der Waals surface area contributed by atoms with Crippen LogP contribution in [0.25, 0.3) is 22.3 Å². The molecule has 0 amide bonds. The molecule has 0 saturated carbocycles. The summed E-state index contributed by atoms with van der Waals surface area (Å²) in [5, 5.41) is 9.70. The van der Waals surface area contributed by atoms with Gasteiger partial charge in [0.25, 0.3) is 11.1 Å². The molecule has 0 spiro atoms. The van der Waals surface area contributed by atoms with E-state index in [0.29, 0.717) is 38.3 Å². The van der Waals surface area contributed by atoms with Gasteiger partial charge in [0.2, 0.25) is 0 Å². The number of nitrogens with zero attached hydrogens (tertiary/aromatic N) is 4. The second kappa shape index (κ2) is 38.8. The molecule has 2 unspecified atom stereocenters. The van der Waals surface area contributed by atoms with Gasteiger partial charge >= 0.3 is 55.5 Å². The molecule has 4 atom stereocenters. The van der Waals surface area contributed by atoms with E-state index in [9.17, 15) is 95.3 Å². The molecule has 108 heavy (non-hydrogen) atoms. The van der Waals surface area contributed by atoms with Crippen LogP contribution in [0.2, 0.25) is 0 Å². The number of benzene rings is 4. The van der Waals surface area contributed by atoms with Crippen LogP contribution in [0.3, 0.4) is 0 Å². The molecule has 2 fully saturated rings. The average molecular weight is 1590 g/mol. The average Bonchev–Trinajstić information content (AvgIpc) is 0.759. The maximum Gasteiger partial charge on any atom is 1.00 e. The molecule has 13 nitrogen and oxygen atoms in total. The molecule has 0 aliphatic carbocycles. The van der Waals surface area contributed by atoms with Crippen LogP contribution in [0.5, 0.6) is 0 Å². The number of likely N-dealkylation sites (tertiary alicyclic amines) is 2. The number of carbonyl (C=O) groups excluding carboxylic acids is 3. The van der Waals surface area contributed by atoms with Gasteiger partial charge in [-0.2, -0.15) is 79.7 Å². The first-order valence-corrected chi connectivity index (χ1v) is 33.5. The number of pyridine rings is 2. The summed E-state index contributed by atoms with van der Waals surface area (Å²) in [5.41, 5.74) is -14.5. The van der Waals surface area contributed by atoms with Crippen molar-refractivity contribution in [2.75, 3.05) is 45.9 Å². The molecule has 8 rings (SSSR count). The molecular weight excluding hydrogens is 1500 g/mol. The summed E-state index contributed by atoms with van der Waals surface area (Å²) in [6.07, 6.45) is -22.0. The number of aryl methyl sites for hydroxylation is 2. The third-order valence-electron chi connectivity index (χ3n) is 18.7. The van der Waals surface area contributed by atoms with E-state index in [1.807, 2.05) is 9.80 Å². The van der Waals surface area contributed by atoms with E-state index in [4.69, 9.17) is 4.74 Å². The van der Waals surface area contributed by atoms with Crippen LogP contribution in [0.1, 0.15) is 177 Å². The van der Waals surface area contributed by atoms with Crippen molar-refractivity contribution < 1.29 is 132 Å². The van der Waals surface area contributed by atoms with Crippen molar-refractivity contribution in [2.24, 2.45) is 11.8 Å². The normalized spacial score (nSPS) is 14.5. The largest absolute Gasteiger partial charge is 1.00 e. The number of ketones is 2. The number of Topliss-reactive ketones (excluding diaryl/α,β-unsaturated/α-hetero) is 2. The Kier molecular flexibility index (Phi) is 34.2. The Balaban J connectivity index is 0.000000541. The van der Waals surface area contributed by atoms with Gasteiger partial charge in [-0.1, -0.05) is 39.8 Å². The third-order valence-corrected chi connectivity index (χ3v) is 18.7. The number of halogens is 18. The fourth-order valence-electron chi connectivity index (χ4n) is 13.3. The molecule has 0 radical (unpaired) electrons. The van der Waals surface area contributed by atoms with Crippen LogP contribution in [-0.4, -0.2) is 98.9 Å². The fourth-order valence-corrected chi connectivity index (χ4v) is 13.3. The van der Waals surface area contributed by atoms with Crippen molar-refractivity contribution in [3.8, 4) is 22.3 Å². The van der Waals surface area contributed by atoms with Crippen LogP contribution in [0.15, 0.2) is 70.5 Å². The number of aliphatic carboxylic acids is 1. The summed E-state index contributed by atoms with van der Waals surface area (Å²) in [7, 11) is 0. The quantitative estimate of drug-likeness (QED) is 0.0295. The van der Waals surface area contributed by atoms with E-state index in [2.05, 4.69) is 0 Å². The zero-order valence-electron chi connectivity index (χ0n) is 60.6. The van der Waals surface area contributed by atoms with Gasteiger partial charge in [0, 0.05) is 84.5 Å². The summed E-state index contributed by atoms with van der Waals surface area (Å²) < 4.78 is 271. The van der Waals surface area contributed by atoms with Gasteiger partial charge in [0.1, 0.15) is 34.9 Å². The first-order valence-electron chi connectivity index (χ1n) is 33.5. The molecule has 34 heteroatoms. The number of ether oxygens (including phenoxy) is 1. The summed E-state index contributed by atoms with van der Waals surface area (Å²) in [6, 6.07) is 2.40. The number of hydrogen-bond donors (Lipinski definition) is 1. The number of hydrogen-bond acceptors (Lipinski definition) is 10. The minimum atomic E-state index is -5.44. The first kappa shape index (κ1) is 95.2. The van der Waals surface area contributed by atoms with Gasteiger partial charge < -0.3 is 34.3 Å². The molecular formula is C74H83F18LiN4O9S2. The maximum atomic E-state index is 16.6. The van der Waals surface area contributed by atoms with Crippen molar-refractivity contribution in [3.63, 3.8) is 0 Å². The molecule has 4 heterocycles. The number of carboxylic acid groups (broad SMARTS) is 1. The van der Waals surface area contributed by atoms with Gasteiger partial charge in [0.15, 0.2) is 11.6 Å². The van der Waals surface area contributed by atoms with Gasteiger partial charge in [-0.25, -0.2) is 26.3 Å². The van der Waals surface area contributed by atoms with E-state index in [-0.39, 0.29) is 159 Å². The van der Waals surface area contributed by atoms with Crippen molar-refractivity contribution >= 4 is 50.5 Å². The second-order valence-corrected chi connectivity index (χ2v) is 27.2. The van der Waals surface area contributed by atoms with Crippen LogP contribution < -0.4 is 30.0 Å². The van der Waals surface area contributed by atoms with Crippen LogP contribution in [0.4, 0.5) is 79.0 Å². The zero-order valence-corrected chi connectivity index (χ0v) is 62.6. The van der Waals surface area contributed by atoms with E-state index in [1.165, 1.54) is 46.8 Å².